The van der Waals surface area contributed by atoms with Crippen LogP contribution >= 0.6 is 0 Å². The molecule has 0 aliphatic heterocycles. The minimum Gasteiger partial charge on any atom is -0.0683 e. The molecule has 5 aromatic carbocycles. The molecular weight excluding hydrogens is 372 g/mol. The van der Waals surface area contributed by atoms with Gasteiger partial charge in [-0.1, -0.05) is 114 Å². The topological polar surface area (TPSA) is 0 Å². The maximum Gasteiger partial charge on any atom is 0.0165 e. The van der Waals surface area contributed by atoms with Crippen LogP contribution in [0.1, 0.15) is 52.7 Å². The third-order valence-electron chi connectivity index (χ3n) is 6.40. The lowest BCUT2D eigenvalue weighted by atomic mass is 9.79. The van der Waals surface area contributed by atoms with Gasteiger partial charge in [-0.15, -0.1) is 0 Å². The summed E-state index contributed by atoms with van der Waals surface area (Å²) in [7, 11) is 0. The van der Waals surface area contributed by atoms with Crippen molar-refractivity contribution in [3.05, 3.63) is 96.1 Å². The smallest absolute Gasteiger partial charge is 0.0165 e. The van der Waals surface area contributed by atoms with Crippen molar-refractivity contribution in [2.75, 3.05) is 0 Å². The molecule has 0 aromatic heterocycles. The van der Waals surface area contributed by atoms with Gasteiger partial charge in [0, 0.05) is 5.41 Å². The van der Waals surface area contributed by atoms with Crippen molar-refractivity contribution in [3.63, 3.8) is 0 Å². The molecule has 0 N–H and O–H groups in total. The predicted molar refractivity (Wildman–Crippen MR) is 139 cm³/mol. The summed E-state index contributed by atoms with van der Waals surface area (Å²) in [5, 5.41) is 8.03. The van der Waals surface area contributed by atoms with E-state index in [1.54, 1.807) is 0 Å². The second kappa shape index (κ2) is 8.19. The van der Waals surface area contributed by atoms with E-state index in [0.717, 1.165) is 0 Å². The van der Waals surface area contributed by atoms with Gasteiger partial charge in [0.05, 0.1) is 0 Å². The van der Waals surface area contributed by atoms with E-state index >= 15 is 0 Å². The van der Waals surface area contributed by atoms with Crippen molar-refractivity contribution in [3.8, 4) is 11.1 Å². The molecule has 0 heterocycles. The Morgan fingerprint density at radius 2 is 1.03 bits per heavy atom. The van der Waals surface area contributed by atoms with Crippen molar-refractivity contribution in [2.45, 2.75) is 47.0 Å². The molecule has 0 heteroatoms. The predicted octanol–water partition coefficient (Wildman–Crippen LogP) is 9.50. The summed E-state index contributed by atoms with van der Waals surface area (Å²) < 4.78 is 0. The van der Waals surface area contributed by atoms with E-state index in [4.69, 9.17) is 0 Å². The molecule has 156 valence electrons. The monoisotopic (exact) mass is 404 g/mol. The molecule has 0 saturated carbocycles. The van der Waals surface area contributed by atoms with Gasteiger partial charge in [-0.3, -0.25) is 0 Å². The lowest BCUT2D eigenvalue weighted by Gasteiger charge is -2.23. The van der Waals surface area contributed by atoms with Crippen LogP contribution in [0.25, 0.3) is 43.4 Å². The van der Waals surface area contributed by atoms with Gasteiger partial charge in [-0.05, 0) is 66.7 Å². The fraction of sp³-hybridized carbons (Fsp3) is 0.226. The normalized spacial score (nSPS) is 13.1. The van der Waals surface area contributed by atoms with Crippen LogP contribution in [0.2, 0.25) is 0 Å². The van der Waals surface area contributed by atoms with Crippen molar-refractivity contribution < 1.29 is 0 Å². The molecule has 0 atom stereocenters. The zero-order valence-electron chi connectivity index (χ0n) is 19.6. The number of rotatable bonds is 0. The molecule has 6 rings (SSSR count). The SMILES string of the molecule is CC.CC.CC1(C)c2cc3ccc4ccccc4c3cc2-c2ccc3ccccc3c21. The Bertz CT molecular complexity index is 1390. The van der Waals surface area contributed by atoms with Crippen molar-refractivity contribution in [2.24, 2.45) is 0 Å². The molecule has 0 fully saturated rings. The summed E-state index contributed by atoms with van der Waals surface area (Å²) in [5.41, 5.74) is 5.70. The zero-order valence-corrected chi connectivity index (χ0v) is 19.6. The Kier molecular flexibility index (Phi) is 5.58. The standard InChI is InChI=1S/C27H20.2C2H6/c1-27(2)25-15-19-12-11-17-7-3-5-9-20(17)23(19)16-24(25)22-14-13-18-8-4-6-10-21(18)26(22)27;2*1-2/h3-16H,1-2H3;2*1-2H3. The number of benzene rings is 5. The highest BCUT2D eigenvalue weighted by Gasteiger charge is 2.37. The lowest BCUT2D eigenvalue weighted by Crippen LogP contribution is -2.15. The third-order valence-corrected chi connectivity index (χ3v) is 6.40. The summed E-state index contributed by atoms with van der Waals surface area (Å²) in [5.74, 6) is 0. The Morgan fingerprint density at radius 3 is 1.74 bits per heavy atom. The van der Waals surface area contributed by atoms with Crippen molar-refractivity contribution >= 4 is 32.3 Å². The number of hydrogen-bond donors (Lipinski definition) is 0. The van der Waals surface area contributed by atoms with E-state index in [2.05, 4.69) is 98.8 Å². The molecule has 0 spiro atoms. The molecule has 0 unspecified atom stereocenters. The largest absolute Gasteiger partial charge is 0.0683 e. The molecule has 0 amide bonds. The second-order valence-corrected chi connectivity index (χ2v) is 8.24. The fourth-order valence-corrected chi connectivity index (χ4v) is 5.10. The molecule has 5 aromatic rings. The van der Waals surface area contributed by atoms with Gasteiger partial charge in [-0.25, -0.2) is 0 Å². The van der Waals surface area contributed by atoms with Gasteiger partial charge in [0.1, 0.15) is 0 Å². The van der Waals surface area contributed by atoms with Gasteiger partial charge < -0.3 is 0 Å². The first kappa shape index (κ1) is 21.1. The zero-order chi connectivity index (χ0) is 22.2. The summed E-state index contributed by atoms with van der Waals surface area (Å²) in [6.45, 7) is 12.7. The van der Waals surface area contributed by atoms with Gasteiger partial charge in [0.2, 0.25) is 0 Å². The van der Waals surface area contributed by atoms with Crippen molar-refractivity contribution in [1.29, 1.82) is 0 Å². The summed E-state index contributed by atoms with van der Waals surface area (Å²) in [6.07, 6.45) is 0. The minimum absolute atomic E-state index is 0.00532. The molecular formula is C31H32. The van der Waals surface area contributed by atoms with Crippen LogP contribution in [-0.4, -0.2) is 0 Å². The Labute approximate surface area is 186 Å². The van der Waals surface area contributed by atoms with Crippen LogP contribution in [0, 0.1) is 0 Å². The minimum atomic E-state index is 0.00532. The molecule has 0 saturated heterocycles. The molecule has 31 heavy (non-hydrogen) atoms. The number of hydrogen-bond acceptors (Lipinski definition) is 0. The van der Waals surface area contributed by atoms with Gasteiger partial charge >= 0.3 is 0 Å². The highest BCUT2D eigenvalue weighted by atomic mass is 14.4. The molecule has 0 bridgehead atoms. The summed E-state index contributed by atoms with van der Waals surface area (Å²) in [4.78, 5) is 0. The van der Waals surface area contributed by atoms with E-state index < -0.39 is 0 Å². The third kappa shape index (κ3) is 3.13. The van der Waals surface area contributed by atoms with Crippen LogP contribution in [0.4, 0.5) is 0 Å². The molecule has 0 nitrogen and oxygen atoms in total. The first-order valence-corrected chi connectivity index (χ1v) is 11.6. The van der Waals surface area contributed by atoms with Crippen LogP contribution in [0.5, 0.6) is 0 Å². The first-order valence-electron chi connectivity index (χ1n) is 11.6. The maximum absolute atomic E-state index is 2.43. The van der Waals surface area contributed by atoms with Crippen LogP contribution < -0.4 is 0 Å². The van der Waals surface area contributed by atoms with E-state index in [-0.39, 0.29) is 5.41 Å². The van der Waals surface area contributed by atoms with Crippen molar-refractivity contribution in [1.82, 2.24) is 0 Å². The Hall–Kier alpha value is -3.12. The molecule has 1 aliphatic carbocycles. The lowest BCUT2D eigenvalue weighted by molar-refractivity contribution is 0.667. The van der Waals surface area contributed by atoms with Crippen LogP contribution in [0.15, 0.2) is 84.9 Å². The average molecular weight is 405 g/mol. The van der Waals surface area contributed by atoms with E-state index in [1.807, 2.05) is 27.7 Å². The Balaban J connectivity index is 0.000000549. The number of fused-ring (bicyclic) bond motifs is 8. The quantitative estimate of drug-likeness (QED) is 0.225. The van der Waals surface area contributed by atoms with E-state index in [0.29, 0.717) is 0 Å². The molecule has 0 radical (unpaired) electrons. The highest BCUT2D eigenvalue weighted by molar-refractivity contribution is 6.10. The summed E-state index contributed by atoms with van der Waals surface area (Å²) in [6, 6.07) is 31.4. The maximum atomic E-state index is 2.43. The summed E-state index contributed by atoms with van der Waals surface area (Å²) >= 11 is 0. The highest BCUT2D eigenvalue weighted by Crippen LogP contribution is 2.52. The Morgan fingerprint density at radius 1 is 0.484 bits per heavy atom. The fourth-order valence-electron chi connectivity index (χ4n) is 5.10. The van der Waals surface area contributed by atoms with Gasteiger partial charge in [0.15, 0.2) is 0 Å². The van der Waals surface area contributed by atoms with E-state index in [9.17, 15) is 0 Å². The molecule has 1 aliphatic rings. The average Bonchev–Trinajstić information content (AvgIpc) is 3.07. The van der Waals surface area contributed by atoms with Crippen LogP contribution in [-0.2, 0) is 5.41 Å². The first-order chi connectivity index (χ1) is 15.1. The van der Waals surface area contributed by atoms with Crippen LogP contribution in [0.3, 0.4) is 0 Å². The van der Waals surface area contributed by atoms with E-state index in [1.165, 1.54) is 54.6 Å². The van der Waals surface area contributed by atoms with Gasteiger partial charge in [0.25, 0.3) is 0 Å². The second-order valence-electron chi connectivity index (χ2n) is 8.24. The van der Waals surface area contributed by atoms with Gasteiger partial charge in [-0.2, -0.15) is 0 Å².